The third kappa shape index (κ3) is 3.17. The van der Waals surface area contributed by atoms with Crippen LogP contribution in [0.15, 0.2) is 12.3 Å². The Balaban J connectivity index is 2.42. The van der Waals surface area contributed by atoms with E-state index in [9.17, 15) is 0 Å². The number of aromatic nitrogens is 4. The second kappa shape index (κ2) is 5.48. The molecule has 0 unspecified atom stereocenters. The monoisotopic (exact) mass is 259 g/mol. The van der Waals surface area contributed by atoms with Gasteiger partial charge in [-0.3, -0.25) is 4.98 Å². The van der Waals surface area contributed by atoms with Crippen LogP contribution >= 0.6 is 0 Å². The summed E-state index contributed by atoms with van der Waals surface area (Å²) < 4.78 is 1.89. The lowest BCUT2D eigenvalue weighted by Gasteiger charge is -2.13. The summed E-state index contributed by atoms with van der Waals surface area (Å²) in [7, 11) is 0. The highest BCUT2D eigenvalue weighted by atomic mass is 15.3. The lowest BCUT2D eigenvalue weighted by Crippen LogP contribution is -2.23. The highest BCUT2D eigenvalue weighted by Crippen LogP contribution is 2.16. The van der Waals surface area contributed by atoms with Gasteiger partial charge in [0.05, 0.1) is 5.69 Å². The molecule has 0 aromatic carbocycles. The van der Waals surface area contributed by atoms with Crippen molar-refractivity contribution in [1.29, 1.82) is 0 Å². The van der Waals surface area contributed by atoms with Gasteiger partial charge in [-0.05, 0) is 26.8 Å². The van der Waals surface area contributed by atoms with Crippen LogP contribution in [0.4, 0.5) is 0 Å². The van der Waals surface area contributed by atoms with E-state index >= 15 is 0 Å². The summed E-state index contributed by atoms with van der Waals surface area (Å²) in [5, 5.41) is 7.88. The van der Waals surface area contributed by atoms with Gasteiger partial charge in [-0.15, -0.1) is 0 Å². The molecule has 0 atom stereocenters. The fourth-order valence-corrected chi connectivity index (χ4v) is 1.97. The van der Waals surface area contributed by atoms with Crippen LogP contribution in [0.3, 0.4) is 0 Å². The molecule has 0 aliphatic carbocycles. The number of nitrogens with one attached hydrogen (secondary N) is 1. The number of hydrogen-bond donors (Lipinski definition) is 1. The molecule has 5 heteroatoms. The van der Waals surface area contributed by atoms with Crippen molar-refractivity contribution in [3.63, 3.8) is 0 Å². The third-order valence-corrected chi connectivity index (χ3v) is 2.90. The molecule has 19 heavy (non-hydrogen) atoms. The maximum absolute atomic E-state index is 4.46. The topological polar surface area (TPSA) is 55.6 Å². The molecule has 0 saturated heterocycles. The van der Waals surface area contributed by atoms with Crippen LogP contribution < -0.4 is 5.32 Å². The molecule has 0 bridgehead atoms. The van der Waals surface area contributed by atoms with Crippen LogP contribution in [0.5, 0.6) is 0 Å². The number of nitrogens with zero attached hydrogens (tertiary/aromatic N) is 4. The molecule has 0 aliphatic heterocycles. The summed E-state index contributed by atoms with van der Waals surface area (Å²) in [6.45, 7) is 10.9. The Morgan fingerprint density at radius 3 is 2.58 bits per heavy atom. The highest BCUT2D eigenvalue weighted by molar-refractivity contribution is 5.40. The van der Waals surface area contributed by atoms with Crippen LogP contribution in [-0.2, 0) is 6.54 Å². The highest BCUT2D eigenvalue weighted by Gasteiger charge is 2.11. The van der Waals surface area contributed by atoms with Crippen LogP contribution in [-0.4, -0.2) is 25.8 Å². The SMILES string of the molecule is Cc1cc(-n2nc(C)nc2C)c(CNC(C)C)cn1. The second-order valence-electron chi connectivity index (χ2n) is 5.11. The first-order valence-electron chi connectivity index (χ1n) is 6.57. The van der Waals surface area contributed by atoms with Gasteiger partial charge in [-0.1, -0.05) is 13.8 Å². The molecule has 1 N–H and O–H groups in total. The maximum Gasteiger partial charge on any atom is 0.148 e. The summed E-state index contributed by atoms with van der Waals surface area (Å²) in [4.78, 5) is 8.74. The Kier molecular flexibility index (Phi) is 3.95. The minimum Gasteiger partial charge on any atom is -0.310 e. The molecule has 5 nitrogen and oxygen atoms in total. The van der Waals surface area contributed by atoms with Crippen LogP contribution in [0.1, 0.15) is 36.8 Å². The lowest BCUT2D eigenvalue weighted by atomic mass is 10.2. The molecule has 2 rings (SSSR count). The first-order valence-corrected chi connectivity index (χ1v) is 6.57. The minimum atomic E-state index is 0.438. The van der Waals surface area contributed by atoms with E-state index in [0.717, 1.165) is 35.1 Å². The van der Waals surface area contributed by atoms with Gasteiger partial charge in [0.2, 0.25) is 0 Å². The predicted octanol–water partition coefficient (Wildman–Crippen LogP) is 2.09. The van der Waals surface area contributed by atoms with Gasteiger partial charge in [-0.25, -0.2) is 9.67 Å². The van der Waals surface area contributed by atoms with Crippen molar-refractivity contribution < 1.29 is 0 Å². The zero-order valence-corrected chi connectivity index (χ0v) is 12.2. The first-order chi connectivity index (χ1) is 8.97. The van der Waals surface area contributed by atoms with E-state index < -0.39 is 0 Å². The van der Waals surface area contributed by atoms with E-state index in [0.29, 0.717) is 6.04 Å². The van der Waals surface area contributed by atoms with E-state index in [2.05, 4.69) is 40.3 Å². The molecule has 0 saturated carbocycles. The van der Waals surface area contributed by atoms with Crippen molar-refractivity contribution in [2.75, 3.05) is 0 Å². The zero-order chi connectivity index (χ0) is 14.0. The van der Waals surface area contributed by atoms with Crippen molar-refractivity contribution in [2.45, 2.75) is 47.2 Å². The molecule has 102 valence electrons. The first kappa shape index (κ1) is 13.7. The van der Waals surface area contributed by atoms with Gasteiger partial charge in [0.25, 0.3) is 0 Å². The van der Waals surface area contributed by atoms with Crippen molar-refractivity contribution >= 4 is 0 Å². The van der Waals surface area contributed by atoms with Gasteiger partial charge in [0, 0.05) is 30.0 Å². The van der Waals surface area contributed by atoms with E-state index in [1.807, 2.05) is 31.6 Å². The number of aryl methyl sites for hydroxylation is 3. The lowest BCUT2D eigenvalue weighted by molar-refractivity contribution is 0.585. The van der Waals surface area contributed by atoms with E-state index in [1.165, 1.54) is 0 Å². The largest absolute Gasteiger partial charge is 0.310 e. The Morgan fingerprint density at radius 2 is 2.00 bits per heavy atom. The van der Waals surface area contributed by atoms with E-state index in [1.54, 1.807) is 0 Å². The Hall–Kier alpha value is -1.75. The molecule has 0 spiro atoms. The minimum absolute atomic E-state index is 0.438. The van der Waals surface area contributed by atoms with Crippen LogP contribution in [0.2, 0.25) is 0 Å². The van der Waals surface area contributed by atoms with Crippen molar-refractivity contribution in [3.05, 3.63) is 35.2 Å². The Morgan fingerprint density at radius 1 is 1.26 bits per heavy atom. The predicted molar refractivity (Wildman–Crippen MR) is 75.3 cm³/mol. The Bertz CT molecular complexity index is 571. The van der Waals surface area contributed by atoms with Crippen LogP contribution in [0.25, 0.3) is 5.69 Å². The quantitative estimate of drug-likeness (QED) is 0.913. The molecular weight excluding hydrogens is 238 g/mol. The van der Waals surface area contributed by atoms with Crippen LogP contribution in [0, 0.1) is 20.8 Å². The van der Waals surface area contributed by atoms with E-state index in [4.69, 9.17) is 0 Å². The van der Waals surface area contributed by atoms with Gasteiger partial charge in [0.15, 0.2) is 0 Å². The van der Waals surface area contributed by atoms with Gasteiger partial charge < -0.3 is 5.32 Å². The molecular formula is C14H21N5. The van der Waals surface area contributed by atoms with E-state index in [-0.39, 0.29) is 0 Å². The number of hydrogen-bond acceptors (Lipinski definition) is 4. The average molecular weight is 259 g/mol. The Labute approximate surface area is 114 Å². The molecule has 0 amide bonds. The normalized spacial score (nSPS) is 11.3. The standard InChI is InChI=1S/C14H21N5/c1-9(2)15-7-13-8-16-10(3)6-14(13)19-12(5)17-11(4)18-19/h6,8-9,15H,7H2,1-5H3. The number of pyridine rings is 1. The molecule has 2 heterocycles. The summed E-state index contributed by atoms with van der Waals surface area (Å²) >= 11 is 0. The molecule has 0 fully saturated rings. The second-order valence-corrected chi connectivity index (χ2v) is 5.11. The summed E-state index contributed by atoms with van der Waals surface area (Å²) in [5.41, 5.74) is 3.17. The van der Waals surface area contributed by atoms with Gasteiger partial charge in [-0.2, -0.15) is 5.10 Å². The summed E-state index contributed by atoms with van der Waals surface area (Å²) in [6, 6.07) is 2.49. The van der Waals surface area contributed by atoms with Gasteiger partial charge in [0.1, 0.15) is 11.6 Å². The fraction of sp³-hybridized carbons (Fsp3) is 0.500. The molecule has 2 aromatic heterocycles. The zero-order valence-electron chi connectivity index (χ0n) is 12.2. The molecule has 0 aliphatic rings. The third-order valence-electron chi connectivity index (χ3n) is 2.90. The average Bonchev–Trinajstić information content (AvgIpc) is 2.66. The van der Waals surface area contributed by atoms with Crippen molar-refractivity contribution in [1.82, 2.24) is 25.1 Å². The fourth-order valence-electron chi connectivity index (χ4n) is 1.97. The molecule has 0 radical (unpaired) electrons. The van der Waals surface area contributed by atoms with Crippen molar-refractivity contribution in [3.8, 4) is 5.69 Å². The maximum atomic E-state index is 4.46. The summed E-state index contributed by atoms with van der Waals surface area (Å²) in [5.74, 6) is 1.68. The van der Waals surface area contributed by atoms with Crippen molar-refractivity contribution in [2.24, 2.45) is 0 Å². The molecule has 2 aromatic rings. The number of rotatable bonds is 4. The smallest absolute Gasteiger partial charge is 0.148 e. The van der Waals surface area contributed by atoms with Gasteiger partial charge >= 0.3 is 0 Å². The summed E-state index contributed by atoms with van der Waals surface area (Å²) in [6.07, 6.45) is 1.91.